The Bertz CT molecular complexity index is 787. The van der Waals surface area contributed by atoms with Crippen LogP contribution in [0.1, 0.15) is 11.1 Å². The molecule has 2 aromatic rings. The molecule has 27 heavy (non-hydrogen) atoms. The van der Waals surface area contributed by atoms with Crippen LogP contribution in [0, 0.1) is 0 Å². The van der Waals surface area contributed by atoms with Crippen molar-refractivity contribution >= 4 is 29.7 Å². The van der Waals surface area contributed by atoms with Gasteiger partial charge in [-0.05, 0) is 48.1 Å². The van der Waals surface area contributed by atoms with Gasteiger partial charge < -0.3 is 14.8 Å². The van der Waals surface area contributed by atoms with E-state index in [1.807, 2.05) is 54.8 Å². The molecule has 0 saturated carbocycles. The highest BCUT2D eigenvalue weighted by Crippen LogP contribution is 2.17. The van der Waals surface area contributed by atoms with Crippen LogP contribution in [0.2, 0.25) is 0 Å². The molecule has 2 rings (SSSR count). The molecule has 0 aliphatic carbocycles. The Balaban J connectivity index is 1.69. The zero-order chi connectivity index (χ0) is 19.5. The number of thioether (sulfide) groups is 1. The van der Waals surface area contributed by atoms with Crippen molar-refractivity contribution in [2.24, 2.45) is 0 Å². The highest BCUT2D eigenvalue weighted by molar-refractivity contribution is 7.98. The second-order valence-electron chi connectivity index (χ2n) is 5.63. The van der Waals surface area contributed by atoms with Crippen LogP contribution in [0.15, 0.2) is 59.5 Å². The van der Waals surface area contributed by atoms with E-state index < -0.39 is 5.97 Å². The van der Waals surface area contributed by atoms with Gasteiger partial charge in [0.05, 0.1) is 7.11 Å². The van der Waals surface area contributed by atoms with Gasteiger partial charge in [-0.2, -0.15) is 0 Å². The zero-order valence-corrected chi connectivity index (χ0v) is 16.3. The molecular weight excluding hydrogens is 362 g/mol. The van der Waals surface area contributed by atoms with E-state index in [1.165, 1.54) is 6.08 Å². The number of carbonyl (C=O) groups is 2. The third kappa shape index (κ3) is 7.19. The summed E-state index contributed by atoms with van der Waals surface area (Å²) in [5.74, 6) is -0.103. The summed E-state index contributed by atoms with van der Waals surface area (Å²) in [4.78, 5) is 24.7. The maximum absolute atomic E-state index is 11.8. The first-order chi connectivity index (χ1) is 13.1. The summed E-state index contributed by atoms with van der Waals surface area (Å²) in [6.07, 6.45) is 5.61. The van der Waals surface area contributed by atoms with Crippen LogP contribution < -0.4 is 10.1 Å². The standard InChI is InChI=1S/C21H23NO4S/c1-25-19-6-4-3-5-17(19)13-14-22-20(23)15-26-21(24)12-9-16-7-10-18(27-2)11-8-16/h3-12H,13-15H2,1-2H3,(H,22,23)/b12-9+. The molecule has 0 fully saturated rings. The first-order valence-corrected chi connectivity index (χ1v) is 9.72. The Labute approximate surface area is 163 Å². The molecule has 142 valence electrons. The number of ether oxygens (including phenoxy) is 2. The summed E-state index contributed by atoms with van der Waals surface area (Å²) in [6.45, 7) is 0.134. The number of benzene rings is 2. The minimum absolute atomic E-state index is 0.305. The van der Waals surface area contributed by atoms with E-state index in [9.17, 15) is 9.59 Å². The van der Waals surface area contributed by atoms with Gasteiger partial charge >= 0.3 is 5.97 Å². The molecule has 0 spiro atoms. The van der Waals surface area contributed by atoms with Crippen LogP contribution in [0.25, 0.3) is 6.08 Å². The summed E-state index contributed by atoms with van der Waals surface area (Å²) in [6, 6.07) is 15.4. The number of nitrogens with one attached hydrogen (secondary N) is 1. The summed E-state index contributed by atoms with van der Waals surface area (Å²) < 4.78 is 10.2. The fourth-order valence-electron chi connectivity index (χ4n) is 2.36. The summed E-state index contributed by atoms with van der Waals surface area (Å²) in [7, 11) is 1.61. The van der Waals surface area contributed by atoms with Crippen LogP contribution in [-0.2, 0) is 20.7 Å². The van der Waals surface area contributed by atoms with Crippen LogP contribution in [0.5, 0.6) is 5.75 Å². The number of para-hydroxylation sites is 1. The molecule has 0 unspecified atom stereocenters. The van der Waals surface area contributed by atoms with Crippen molar-refractivity contribution in [3.05, 3.63) is 65.7 Å². The molecule has 0 aromatic heterocycles. The van der Waals surface area contributed by atoms with Gasteiger partial charge in [-0.25, -0.2) is 4.79 Å². The molecule has 0 radical (unpaired) electrons. The minimum atomic E-state index is -0.552. The zero-order valence-electron chi connectivity index (χ0n) is 15.4. The number of hydrogen-bond acceptors (Lipinski definition) is 5. The number of amides is 1. The van der Waals surface area contributed by atoms with Crippen molar-refractivity contribution in [3.8, 4) is 5.75 Å². The van der Waals surface area contributed by atoms with Gasteiger partial charge in [0.15, 0.2) is 6.61 Å². The number of carbonyl (C=O) groups excluding carboxylic acids is 2. The van der Waals surface area contributed by atoms with E-state index in [0.29, 0.717) is 13.0 Å². The fourth-order valence-corrected chi connectivity index (χ4v) is 2.77. The highest BCUT2D eigenvalue weighted by Gasteiger charge is 2.06. The molecule has 6 heteroatoms. The summed E-state index contributed by atoms with van der Waals surface area (Å²) in [5, 5.41) is 2.73. The largest absolute Gasteiger partial charge is 0.496 e. The molecule has 0 saturated heterocycles. The van der Waals surface area contributed by atoms with Crippen LogP contribution in [0.3, 0.4) is 0 Å². The molecule has 0 aliphatic heterocycles. The number of rotatable bonds is 9. The van der Waals surface area contributed by atoms with E-state index in [0.717, 1.165) is 21.8 Å². The fraction of sp³-hybridized carbons (Fsp3) is 0.238. The Hall–Kier alpha value is -2.73. The highest BCUT2D eigenvalue weighted by atomic mass is 32.2. The van der Waals surface area contributed by atoms with E-state index in [-0.39, 0.29) is 12.5 Å². The lowest BCUT2D eigenvalue weighted by molar-refractivity contribution is -0.143. The van der Waals surface area contributed by atoms with E-state index in [2.05, 4.69) is 5.32 Å². The van der Waals surface area contributed by atoms with Gasteiger partial charge in [-0.3, -0.25) is 4.79 Å². The maximum atomic E-state index is 11.8. The van der Waals surface area contributed by atoms with Crippen molar-refractivity contribution in [2.45, 2.75) is 11.3 Å². The molecule has 5 nitrogen and oxygen atoms in total. The summed E-state index contributed by atoms with van der Waals surface area (Å²) in [5.41, 5.74) is 1.90. The topological polar surface area (TPSA) is 64.6 Å². The Morgan fingerprint density at radius 1 is 1.11 bits per heavy atom. The first-order valence-electron chi connectivity index (χ1n) is 8.50. The van der Waals surface area contributed by atoms with Gasteiger partial charge in [0.25, 0.3) is 5.91 Å². The van der Waals surface area contributed by atoms with E-state index in [1.54, 1.807) is 24.9 Å². The number of methoxy groups -OCH3 is 1. The molecule has 0 aliphatic rings. The average molecular weight is 385 g/mol. The summed E-state index contributed by atoms with van der Waals surface area (Å²) >= 11 is 1.65. The molecule has 0 heterocycles. The second-order valence-corrected chi connectivity index (χ2v) is 6.51. The Morgan fingerprint density at radius 2 is 1.85 bits per heavy atom. The lowest BCUT2D eigenvalue weighted by Gasteiger charge is -2.09. The van der Waals surface area contributed by atoms with E-state index >= 15 is 0 Å². The number of hydrogen-bond donors (Lipinski definition) is 1. The van der Waals surface area contributed by atoms with Gasteiger partial charge in [0.1, 0.15) is 5.75 Å². The Kier molecular flexibility index (Phi) is 8.45. The van der Waals surface area contributed by atoms with Gasteiger partial charge in [0, 0.05) is 17.5 Å². The van der Waals surface area contributed by atoms with Crippen molar-refractivity contribution < 1.29 is 19.1 Å². The number of esters is 1. The lowest BCUT2D eigenvalue weighted by Crippen LogP contribution is -2.30. The molecule has 0 atom stereocenters. The predicted octanol–water partition coefficient (Wildman–Crippen LogP) is 3.33. The Morgan fingerprint density at radius 3 is 2.56 bits per heavy atom. The van der Waals surface area contributed by atoms with Crippen molar-refractivity contribution in [1.82, 2.24) is 5.32 Å². The van der Waals surface area contributed by atoms with Gasteiger partial charge in [-0.1, -0.05) is 30.3 Å². The van der Waals surface area contributed by atoms with Crippen LogP contribution in [0.4, 0.5) is 0 Å². The maximum Gasteiger partial charge on any atom is 0.331 e. The monoisotopic (exact) mass is 385 g/mol. The molecular formula is C21H23NO4S. The van der Waals surface area contributed by atoms with Crippen molar-refractivity contribution in [1.29, 1.82) is 0 Å². The van der Waals surface area contributed by atoms with Crippen molar-refractivity contribution in [3.63, 3.8) is 0 Å². The quantitative estimate of drug-likeness (QED) is 0.407. The predicted molar refractivity (Wildman–Crippen MR) is 108 cm³/mol. The lowest BCUT2D eigenvalue weighted by atomic mass is 10.1. The minimum Gasteiger partial charge on any atom is -0.496 e. The van der Waals surface area contributed by atoms with Gasteiger partial charge in [-0.15, -0.1) is 11.8 Å². The first kappa shape index (κ1) is 20.6. The molecule has 2 aromatic carbocycles. The van der Waals surface area contributed by atoms with Crippen molar-refractivity contribution in [2.75, 3.05) is 26.5 Å². The normalized spacial score (nSPS) is 10.6. The molecule has 1 amide bonds. The smallest absolute Gasteiger partial charge is 0.331 e. The van der Waals surface area contributed by atoms with Crippen LogP contribution >= 0.6 is 11.8 Å². The van der Waals surface area contributed by atoms with Gasteiger partial charge in [0.2, 0.25) is 0 Å². The van der Waals surface area contributed by atoms with Crippen LogP contribution in [-0.4, -0.2) is 38.4 Å². The SMILES string of the molecule is COc1ccccc1CCNC(=O)COC(=O)/C=C/c1ccc(SC)cc1. The van der Waals surface area contributed by atoms with E-state index in [4.69, 9.17) is 9.47 Å². The molecule has 1 N–H and O–H groups in total. The molecule has 0 bridgehead atoms. The average Bonchev–Trinajstić information content (AvgIpc) is 2.71. The third-order valence-electron chi connectivity index (χ3n) is 3.78. The third-order valence-corrected chi connectivity index (χ3v) is 4.53. The second kappa shape index (κ2) is 11.1.